The first-order valence-electron chi connectivity index (χ1n) is 6.79. The Balaban J connectivity index is 2.41. The molecule has 0 aromatic heterocycles. The predicted molar refractivity (Wildman–Crippen MR) is 70.2 cm³/mol. The smallest absolute Gasteiger partial charge is 0.326 e. The topological polar surface area (TPSA) is 66.4 Å². The second-order valence-corrected chi connectivity index (χ2v) is 4.95. The summed E-state index contributed by atoms with van der Waals surface area (Å²) in [4.78, 5) is 23.0. The van der Waals surface area contributed by atoms with E-state index in [0.29, 0.717) is 6.42 Å². The summed E-state index contributed by atoms with van der Waals surface area (Å²) in [6.45, 7) is 3.60. The van der Waals surface area contributed by atoms with Crippen LogP contribution >= 0.6 is 0 Å². The minimum absolute atomic E-state index is 0.0139. The first kappa shape index (κ1) is 14.7. The summed E-state index contributed by atoms with van der Waals surface area (Å²) in [5, 5.41) is 11.8. The standard InChI is InChI=1S/C14H23NO3/c1-2-3-5-10-12(14(17)18)15-13(16)11-8-6-4-7-9-11/h2,11-12H,1,3-10H2,(H,15,16)(H,17,18)/t12-/m0/s1. The number of carbonyl (C=O) groups excluding carboxylic acids is 1. The summed E-state index contributed by atoms with van der Waals surface area (Å²) in [6.07, 6.45) is 8.88. The van der Waals surface area contributed by atoms with Crippen molar-refractivity contribution in [1.29, 1.82) is 0 Å². The van der Waals surface area contributed by atoms with Gasteiger partial charge < -0.3 is 10.4 Å². The van der Waals surface area contributed by atoms with Gasteiger partial charge in [0.25, 0.3) is 0 Å². The Labute approximate surface area is 108 Å². The molecule has 0 unspecified atom stereocenters. The molecule has 0 spiro atoms. The van der Waals surface area contributed by atoms with E-state index in [4.69, 9.17) is 5.11 Å². The third-order valence-electron chi connectivity index (χ3n) is 3.49. The van der Waals surface area contributed by atoms with E-state index in [0.717, 1.165) is 38.5 Å². The highest BCUT2D eigenvalue weighted by Crippen LogP contribution is 2.23. The van der Waals surface area contributed by atoms with Crippen molar-refractivity contribution in [1.82, 2.24) is 5.32 Å². The Morgan fingerprint density at radius 1 is 1.33 bits per heavy atom. The number of unbranched alkanes of at least 4 members (excludes halogenated alkanes) is 1. The van der Waals surface area contributed by atoms with Crippen LogP contribution in [0.5, 0.6) is 0 Å². The van der Waals surface area contributed by atoms with E-state index in [2.05, 4.69) is 11.9 Å². The Bertz CT molecular complexity index is 295. The highest BCUT2D eigenvalue weighted by atomic mass is 16.4. The predicted octanol–water partition coefficient (Wildman–Crippen LogP) is 2.49. The molecule has 0 heterocycles. The van der Waals surface area contributed by atoms with Gasteiger partial charge in [0.05, 0.1) is 0 Å². The van der Waals surface area contributed by atoms with Crippen LogP contribution in [-0.2, 0) is 9.59 Å². The van der Waals surface area contributed by atoms with E-state index in [9.17, 15) is 9.59 Å². The number of nitrogens with one attached hydrogen (secondary N) is 1. The van der Waals surface area contributed by atoms with Crippen molar-refractivity contribution in [2.75, 3.05) is 0 Å². The van der Waals surface area contributed by atoms with Crippen molar-refractivity contribution < 1.29 is 14.7 Å². The maximum atomic E-state index is 12.0. The van der Waals surface area contributed by atoms with E-state index in [-0.39, 0.29) is 11.8 Å². The lowest BCUT2D eigenvalue weighted by Gasteiger charge is -2.23. The molecule has 102 valence electrons. The Hall–Kier alpha value is -1.32. The first-order valence-corrected chi connectivity index (χ1v) is 6.79. The van der Waals surface area contributed by atoms with Gasteiger partial charge in [-0.2, -0.15) is 0 Å². The van der Waals surface area contributed by atoms with Gasteiger partial charge in [0.1, 0.15) is 6.04 Å². The van der Waals surface area contributed by atoms with Crippen LogP contribution in [-0.4, -0.2) is 23.0 Å². The molecular formula is C14H23NO3. The molecule has 0 aliphatic heterocycles. The molecule has 4 heteroatoms. The SMILES string of the molecule is C=CCCC[C@H](NC(=O)C1CCCCC1)C(=O)O. The van der Waals surface area contributed by atoms with Crippen LogP contribution in [0, 0.1) is 5.92 Å². The van der Waals surface area contributed by atoms with Crippen molar-refractivity contribution in [3.63, 3.8) is 0 Å². The second kappa shape index (κ2) is 7.90. The van der Waals surface area contributed by atoms with Gasteiger partial charge in [0, 0.05) is 5.92 Å². The molecule has 0 aromatic rings. The third kappa shape index (κ3) is 4.90. The van der Waals surface area contributed by atoms with Crippen LogP contribution in [0.25, 0.3) is 0 Å². The number of rotatable bonds is 7. The molecule has 1 fully saturated rings. The molecule has 18 heavy (non-hydrogen) atoms. The molecule has 0 radical (unpaired) electrons. The molecule has 1 saturated carbocycles. The van der Waals surface area contributed by atoms with Gasteiger partial charge in [-0.1, -0.05) is 25.3 Å². The average molecular weight is 253 g/mol. The highest BCUT2D eigenvalue weighted by Gasteiger charge is 2.25. The average Bonchev–Trinajstić information content (AvgIpc) is 2.38. The number of carbonyl (C=O) groups is 2. The molecule has 0 aromatic carbocycles. The van der Waals surface area contributed by atoms with Crippen molar-refractivity contribution in [3.8, 4) is 0 Å². The molecule has 2 N–H and O–H groups in total. The summed E-state index contributed by atoms with van der Waals surface area (Å²) in [7, 11) is 0. The maximum Gasteiger partial charge on any atom is 0.326 e. The van der Waals surface area contributed by atoms with Gasteiger partial charge in [-0.3, -0.25) is 4.79 Å². The van der Waals surface area contributed by atoms with Gasteiger partial charge in [-0.05, 0) is 32.1 Å². The minimum atomic E-state index is -0.941. The fourth-order valence-electron chi connectivity index (χ4n) is 2.38. The summed E-state index contributed by atoms with van der Waals surface area (Å²) in [6, 6.07) is -0.751. The zero-order valence-electron chi connectivity index (χ0n) is 10.9. The quantitative estimate of drug-likeness (QED) is 0.541. The number of hydrogen-bond donors (Lipinski definition) is 2. The van der Waals surface area contributed by atoms with Crippen LogP contribution in [0.4, 0.5) is 0 Å². The normalized spacial score (nSPS) is 18.0. The third-order valence-corrected chi connectivity index (χ3v) is 3.49. The van der Waals surface area contributed by atoms with E-state index in [1.165, 1.54) is 6.42 Å². The lowest BCUT2D eigenvalue weighted by atomic mass is 9.88. The van der Waals surface area contributed by atoms with Gasteiger partial charge >= 0.3 is 5.97 Å². The van der Waals surface area contributed by atoms with Gasteiger partial charge in [0.15, 0.2) is 0 Å². The van der Waals surface area contributed by atoms with Crippen LogP contribution in [0.1, 0.15) is 51.4 Å². The van der Waals surface area contributed by atoms with Crippen molar-refractivity contribution >= 4 is 11.9 Å². The fraction of sp³-hybridized carbons (Fsp3) is 0.714. The number of carboxylic acid groups (broad SMARTS) is 1. The number of amides is 1. The Morgan fingerprint density at radius 3 is 2.56 bits per heavy atom. The molecule has 0 bridgehead atoms. The van der Waals surface area contributed by atoms with E-state index < -0.39 is 12.0 Å². The van der Waals surface area contributed by atoms with Crippen LogP contribution in [0.15, 0.2) is 12.7 Å². The lowest BCUT2D eigenvalue weighted by molar-refractivity contribution is -0.142. The summed E-state index contributed by atoms with van der Waals surface area (Å²) < 4.78 is 0. The van der Waals surface area contributed by atoms with E-state index in [1.54, 1.807) is 6.08 Å². The molecule has 1 aliphatic carbocycles. The molecule has 0 saturated heterocycles. The van der Waals surface area contributed by atoms with Crippen LogP contribution < -0.4 is 5.32 Å². The maximum absolute atomic E-state index is 12.0. The fourth-order valence-corrected chi connectivity index (χ4v) is 2.38. The first-order chi connectivity index (χ1) is 8.65. The second-order valence-electron chi connectivity index (χ2n) is 4.95. The zero-order valence-corrected chi connectivity index (χ0v) is 10.9. The summed E-state index contributed by atoms with van der Waals surface area (Å²) in [5.41, 5.74) is 0. The molecule has 1 aliphatic rings. The van der Waals surface area contributed by atoms with E-state index >= 15 is 0 Å². The van der Waals surface area contributed by atoms with Gasteiger partial charge in [0.2, 0.25) is 5.91 Å². The Kier molecular flexibility index (Phi) is 6.47. The number of allylic oxidation sites excluding steroid dienone is 1. The Morgan fingerprint density at radius 2 is 2.00 bits per heavy atom. The van der Waals surface area contributed by atoms with E-state index in [1.807, 2.05) is 0 Å². The molecule has 4 nitrogen and oxygen atoms in total. The van der Waals surface area contributed by atoms with Gasteiger partial charge in [-0.25, -0.2) is 4.79 Å². The van der Waals surface area contributed by atoms with Crippen LogP contribution in [0.2, 0.25) is 0 Å². The van der Waals surface area contributed by atoms with Crippen molar-refractivity contribution in [2.24, 2.45) is 5.92 Å². The largest absolute Gasteiger partial charge is 0.480 e. The molecule has 1 amide bonds. The number of hydrogen-bond acceptors (Lipinski definition) is 2. The summed E-state index contributed by atoms with van der Waals surface area (Å²) in [5.74, 6) is -1.01. The molecule has 1 rings (SSSR count). The van der Waals surface area contributed by atoms with Gasteiger partial charge in [-0.15, -0.1) is 6.58 Å². The summed E-state index contributed by atoms with van der Waals surface area (Å²) >= 11 is 0. The van der Waals surface area contributed by atoms with Crippen molar-refractivity contribution in [3.05, 3.63) is 12.7 Å². The zero-order chi connectivity index (χ0) is 13.4. The molecule has 1 atom stereocenters. The molecular weight excluding hydrogens is 230 g/mol. The minimum Gasteiger partial charge on any atom is -0.480 e. The number of aliphatic carboxylic acids is 1. The van der Waals surface area contributed by atoms with Crippen LogP contribution in [0.3, 0.4) is 0 Å². The highest BCUT2D eigenvalue weighted by molar-refractivity contribution is 5.84. The number of carboxylic acids is 1. The van der Waals surface area contributed by atoms with Crippen molar-refractivity contribution in [2.45, 2.75) is 57.4 Å². The monoisotopic (exact) mass is 253 g/mol. The lowest BCUT2D eigenvalue weighted by Crippen LogP contribution is -2.44.